The maximum Gasteiger partial charge on any atom is 0.119 e. The van der Waals surface area contributed by atoms with Crippen molar-refractivity contribution in [3.63, 3.8) is 0 Å². The van der Waals surface area contributed by atoms with Gasteiger partial charge >= 0.3 is 0 Å². The number of thioether (sulfide) groups is 1. The van der Waals surface area contributed by atoms with Crippen LogP contribution in [-0.4, -0.2) is 39.6 Å². The van der Waals surface area contributed by atoms with Crippen molar-refractivity contribution < 1.29 is 9.84 Å². The maximum absolute atomic E-state index is 11.0. The van der Waals surface area contributed by atoms with E-state index in [1.165, 1.54) is 0 Å². The molecule has 1 N–H and O–H groups in total. The largest absolute Gasteiger partial charge is 0.383 e. The molecule has 1 aliphatic rings. The van der Waals surface area contributed by atoms with Crippen LogP contribution in [0.1, 0.15) is 25.5 Å². The molecule has 102 valence electrons. The van der Waals surface area contributed by atoms with Gasteiger partial charge in [-0.2, -0.15) is 16.9 Å². The first-order chi connectivity index (χ1) is 8.59. The van der Waals surface area contributed by atoms with E-state index in [9.17, 15) is 5.11 Å². The van der Waals surface area contributed by atoms with E-state index < -0.39 is 5.60 Å². The summed E-state index contributed by atoms with van der Waals surface area (Å²) in [7, 11) is 1.65. The molecular formula is C12H19ClN2O2S. The van der Waals surface area contributed by atoms with E-state index in [-0.39, 0.29) is 5.25 Å². The fourth-order valence-electron chi connectivity index (χ4n) is 2.39. The molecule has 0 radical (unpaired) electrons. The second-order valence-electron chi connectivity index (χ2n) is 4.60. The minimum Gasteiger partial charge on any atom is -0.383 e. The second-order valence-corrected chi connectivity index (χ2v) is 6.45. The van der Waals surface area contributed by atoms with Gasteiger partial charge in [-0.25, -0.2) is 0 Å². The molecule has 6 heteroatoms. The van der Waals surface area contributed by atoms with E-state index in [4.69, 9.17) is 16.3 Å². The number of hydrogen-bond acceptors (Lipinski definition) is 4. The second kappa shape index (κ2) is 5.82. The van der Waals surface area contributed by atoms with E-state index >= 15 is 0 Å². The number of hydrogen-bond donors (Lipinski definition) is 1. The predicted octanol–water partition coefficient (Wildman–Crippen LogP) is 2.29. The molecule has 1 aliphatic heterocycles. The lowest BCUT2D eigenvalue weighted by molar-refractivity contribution is 0.0154. The van der Waals surface area contributed by atoms with Crippen molar-refractivity contribution in [1.82, 2.24) is 9.78 Å². The molecule has 2 rings (SSSR count). The van der Waals surface area contributed by atoms with Gasteiger partial charge in [0.15, 0.2) is 0 Å². The lowest BCUT2D eigenvalue weighted by Gasteiger charge is -2.38. The summed E-state index contributed by atoms with van der Waals surface area (Å²) in [5, 5.41) is 15.9. The lowest BCUT2D eigenvalue weighted by atomic mass is 9.90. The maximum atomic E-state index is 11.0. The van der Waals surface area contributed by atoms with Crippen LogP contribution in [0.2, 0.25) is 5.02 Å². The quantitative estimate of drug-likeness (QED) is 0.924. The van der Waals surface area contributed by atoms with Crippen LogP contribution < -0.4 is 0 Å². The Labute approximate surface area is 117 Å². The number of aromatic nitrogens is 2. The number of rotatable bonds is 4. The number of halogens is 1. The molecular weight excluding hydrogens is 272 g/mol. The third-order valence-corrected chi connectivity index (χ3v) is 5.15. The summed E-state index contributed by atoms with van der Waals surface area (Å²) in [5.41, 5.74) is -0.148. The van der Waals surface area contributed by atoms with Crippen LogP contribution in [0, 0.1) is 0 Å². The van der Waals surface area contributed by atoms with Gasteiger partial charge in [-0.1, -0.05) is 18.5 Å². The summed E-state index contributed by atoms with van der Waals surface area (Å²) in [6.45, 7) is 3.22. The number of aliphatic hydroxyl groups is 1. The van der Waals surface area contributed by atoms with Gasteiger partial charge < -0.3 is 9.84 Å². The zero-order valence-electron chi connectivity index (χ0n) is 10.7. The van der Waals surface area contributed by atoms with Crippen LogP contribution >= 0.6 is 23.4 Å². The normalized spacial score (nSPS) is 28.6. The first-order valence-electron chi connectivity index (χ1n) is 6.14. The molecule has 0 saturated carbocycles. The molecule has 0 spiro atoms. The standard InChI is InChI=1S/C12H19ClN2O2S/c1-9-12(16,4-3-7-18-9)11-10(13)8-14-15(11)5-6-17-2/h8-9,16H,3-7H2,1-2H3. The topological polar surface area (TPSA) is 47.3 Å². The van der Waals surface area contributed by atoms with Crippen LogP contribution in [0.4, 0.5) is 0 Å². The highest BCUT2D eigenvalue weighted by atomic mass is 35.5. The van der Waals surface area contributed by atoms with Gasteiger partial charge in [0.2, 0.25) is 0 Å². The Morgan fingerprint density at radius 1 is 1.72 bits per heavy atom. The summed E-state index contributed by atoms with van der Waals surface area (Å²) in [6, 6.07) is 0. The fourth-order valence-corrected chi connectivity index (χ4v) is 3.87. The third kappa shape index (κ3) is 2.54. The summed E-state index contributed by atoms with van der Waals surface area (Å²) in [5.74, 6) is 1.09. The summed E-state index contributed by atoms with van der Waals surface area (Å²) >= 11 is 8.00. The van der Waals surface area contributed by atoms with Crippen LogP contribution in [0.25, 0.3) is 0 Å². The highest BCUT2D eigenvalue weighted by Gasteiger charge is 2.42. The van der Waals surface area contributed by atoms with Gasteiger partial charge in [0.05, 0.1) is 30.1 Å². The average Bonchev–Trinajstić information content (AvgIpc) is 2.72. The van der Waals surface area contributed by atoms with E-state index in [2.05, 4.69) is 5.10 Å². The minimum absolute atomic E-state index is 0.127. The SMILES string of the molecule is COCCn1ncc(Cl)c1C1(O)CCCSC1C. The first kappa shape index (κ1) is 14.2. The Balaban J connectivity index is 2.32. The summed E-state index contributed by atoms with van der Waals surface area (Å²) in [4.78, 5) is 0. The molecule has 0 aromatic carbocycles. The highest BCUT2D eigenvalue weighted by Crippen LogP contribution is 2.43. The highest BCUT2D eigenvalue weighted by molar-refractivity contribution is 8.00. The first-order valence-corrected chi connectivity index (χ1v) is 7.57. The molecule has 18 heavy (non-hydrogen) atoms. The summed E-state index contributed by atoms with van der Waals surface area (Å²) in [6.07, 6.45) is 3.34. The Bertz CT molecular complexity index is 413. The smallest absolute Gasteiger partial charge is 0.119 e. The molecule has 1 aromatic rings. The Morgan fingerprint density at radius 3 is 3.17 bits per heavy atom. The van der Waals surface area contributed by atoms with E-state index in [1.54, 1.807) is 29.8 Å². The Morgan fingerprint density at radius 2 is 2.50 bits per heavy atom. The lowest BCUT2D eigenvalue weighted by Crippen LogP contribution is -2.41. The van der Waals surface area contributed by atoms with E-state index in [1.807, 2.05) is 6.92 Å². The van der Waals surface area contributed by atoms with Gasteiger partial charge in [0.25, 0.3) is 0 Å². The van der Waals surface area contributed by atoms with Crippen molar-refractivity contribution in [3.8, 4) is 0 Å². The van der Waals surface area contributed by atoms with Gasteiger partial charge in [0, 0.05) is 12.4 Å². The molecule has 1 saturated heterocycles. The molecule has 4 nitrogen and oxygen atoms in total. The molecule has 2 unspecified atom stereocenters. The molecule has 0 aliphatic carbocycles. The molecule has 2 heterocycles. The molecule has 1 aromatic heterocycles. The van der Waals surface area contributed by atoms with Crippen LogP contribution in [0.3, 0.4) is 0 Å². The van der Waals surface area contributed by atoms with Gasteiger partial charge in [0.1, 0.15) is 5.60 Å². The monoisotopic (exact) mass is 290 g/mol. The zero-order valence-corrected chi connectivity index (χ0v) is 12.3. The van der Waals surface area contributed by atoms with Crippen molar-refractivity contribution in [2.45, 2.75) is 37.2 Å². The van der Waals surface area contributed by atoms with Crippen LogP contribution in [0.5, 0.6) is 0 Å². The predicted molar refractivity (Wildman–Crippen MR) is 74.2 cm³/mol. The van der Waals surface area contributed by atoms with Crippen molar-refractivity contribution in [1.29, 1.82) is 0 Å². The summed E-state index contributed by atoms with van der Waals surface area (Å²) < 4.78 is 6.84. The van der Waals surface area contributed by atoms with Gasteiger partial charge in [-0.3, -0.25) is 4.68 Å². The van der Waals surface area contributed by atoms with Gasteiger partial charge in [-0.15, -0.1) is 0 Å². The average molecular weight is 291 g/mol. The van der Waals surface area contributed by atoms with Crippen molar-refractivity contribution in [2.75, 3.05) is 19.5 Å². The minimum atomic E-state index is -0.885. The van der Waals surface area contributed by atoms with Crippen molar-refractivity contribution in [3.05, 3.63) is 16.9 Å². The molecule has 1 fully saturated rings. The van der Waals surface area contributed by atoms with Crippen LogP contribution in [-0.2, 0) is 16.9 Å². The Hall–Kier alpha value is -0.230. The van der Waals surface area contributed by atoms with Crippen molar-refractivity contribution in [2.24, 2.45) is 0 Å². The fraction of sp³-hybridized carbons (Fsp3) is 0.750. The number of nitrogens with zero attached hydrogens (tertiary/aromatic N) is 2. The van der Waals surface area contributed by atoms with E-state index in [0.29, 0.717) is 18.2 Å². The molecule has 0 bridgehead atoms. The third-order valence-electron chi connectivity index (χ3n) is 3.45. The number of methoxy groups -OCH3 is 1. The van der Waals surface area contributed by atoms with Crippen LogP contribution in [0.15, 0.2) is 6.20 Å². The van der Waals surface area contributed by atoms with Gasteiger partial charge in [-0.05, 0) is 18.6 Å². The molecule has 2 atom stereocenters. The molecule has 0 amide bonds. The Kier molecular flexibility index (Phi) is 4.59. The van der Waals surface area contributed by atoms with Crippen molar-refractivity contribution >= 4 is 23.4 Å². The zero-order chi connectivity index (χ0) is 13.2. The van der Waals surface area contributed by atoms with E-state index in [0.717, 1.165) is 24.3 Å². The number of ether oxygens (including phenoxy) is 1.